The average molecular weight is 140 g/mol. The van der Waals surface area contributed by atoms with Gasteiger partial charge in [0.05, 0.1) is 19.1 Å². The molecule has 1 unspecified atom stereocenters. The van der Waals surface area contributed by atoms with Gasteiger partial charge in [-0.2, -0.15) is 7.05 Å². The Hall–Kier alpha value is -0.0800. The molecule has 0 saturated carbocycles. The van der Waals surface area contributed by atoms with Gasteiger partial charge in [0.15, 0.2) is 0 Å². The number of quaternary nitrogens is 1. The molecule has 2 saturated heterocycles. The molecular weight excluding hydrogens is 124 g/mol. The minimum absolute atomic E-state index is 0.793. The van der Waals surface area contributed by atoms with Crippen LogP contribution in [0.3, 0.4) is 0 Å². The van der Waals surface area contributed by atoms with Gasteiger partial charge in [-0.1, -0.05) is 0 Å². The second-order valence-corrected chi connectivity index (χ2v) is 3.62. The zero-order valence-electron chi connectivity index (χ0n) is 6.40. The maximum atomic E-state index is 4.04. The van der Waals surface area contributed by atoms with E-state index in [1.54, 1.807) is 0 Å². The van der Waals surface area contributed by atoms with Crippen LogP contribution in [0.4, 0.5) is 0 Å². The lowest BCUT2D eigenvalue weighted by atomic mass is 9.94. The van der Waals surface area contributed by atoms with Crippen LogP contribution in [0.5, 0.6) is 0 Å². The zero-order valence-corrected chi connectivity index (χ0v) is 6.40. The van der Waals surface area contributed by atoms with Gasteiger partial charge in [-0.25, -0.2) is 0 Å². The molecule has 0 aromatic heterocycles. The summed E-state index contributed by atoms with van der Waals surface area (Å²) >= 11 is 0. The molecule has 2 rings (SSSR count). The summed E-state index contributed by atoms with van der Waals surface area (Å²) in [5.74, 6) is 0.932. The molecule has 2 N–H and O–H groups in total. The molecule has 0 spiro atoms. The smallest absolute Gasteiger partial charge is 0.0691 e. The summed E-state index contributed by atoms with van der Waals surface area (Å²) in [5.41, 5.74) is 0. The van der Waals surface area contributed by atoms with Gasteiger partial charge in [-0.15, -0.1) is 0 Å². The maximum Gasteiger partial charge on any atom is 0.0691 e. The van der Waals surface area contributed by atoms with Gasteiger partial charge >= 0.3 is 0 Å². The molecule has 0 bridgehead atoms. The van der Waals surface area contributed by atoms with Gasteiger partial charge in [-0.3, -0.25) is 0 Å². The molecule has 58 valence electrons. The monoisotopic (exact) mass is 140 g/mol. The number of nitrogens with one attached hydrogen (secondary N) is 2. The minimum atomic E-state index is 0.793. The molecule has 0 amide bonds. The highest BCUT2D eigenvalue weighted by molar-refractivity contribution is 4.83. The normalized spacial score (nSPS) is 47.1. The quantitative estimate of drug-likeness (QED) is 0.415. The fourth-order valence-electron chi connectivity index (χ4n) is 2.27. The summed E-state index contributed by atoms with van der Waals surface area (Å²) in [4.78, 5) is 1.46. The molecule has 0 aromatic rings. The van der Waals surface area contributed by atoms with Crippen LogP contribution in [0.25, 0.3) is 0 Å². The predicted molar refractivity (Wildman–Crippen MR) is 40.6 cm³/mol. The van der Waals surface area contributed by atoms with Crippen LogP contribution in [-0.4, -0.2) is 25.7 Å². The first-order valence-corrected chi connectivity index (χ1v) is 4.26. The first-order chi connectivity index (χ1) is 4.86. The van der Waals surface area contributed by atoms with Crippen LogP contribution in [0.1, 0.15) is 12.8 Å². The van der Waals surface area contributed by atoms with Crippen LogP contribution in [0, 0.1) is 13.0 Å². The number of hydrogen-bond acceptors (Lipinski definition) is 1. The first-order valence-electron chi connectivity index (χ1n) is 4.26. The van der Waals surface area contributed by atoms with Gasteiger partial charge in [0, 0.05) is 5.92 Å². The van der Waals surface area contributed by atoms with Crippen molar-refractivity contribution in [3.05, 3.63) is 7.05 Å². The fourth-order valence-corrected chi connectivity index (χ4v) is 2.27. The number of rotatable bonds is 0. The molecule has 0 radical (unpaired) electrons. The third-order valence-electron chi connectivity index (χ3n) is 2.79. The van der Waals surface area contributed by atoms with E-state index in [4.69, 9.17) is 0 Å². The highest BCUT2D eigenvalue weighted by Crippen LogP contribution is 2.16. The lowest BCUT2D eigenvalue weighted by Gasteiger charge is -2.22. The Bertz CT molecular complexity index is 110. The van der Waals surface area contributed by atoms with Gasteiger partial charge in [0.1, 0.15) is 0 Å². The Labute approximate surface area is 62.6 Å². The molecular formula is C8H16N2. The Morgan fingerprint density at radius 2 is 2.30 bits per heavy atom. The van der Waals surface area contributed by atoms with Crippen LogP contribution in [0.2, 0.25) is 0 Å². The van der Waals surface area contributed by atoms with Gasteiger partial charge in [0.2, 0.25) is 0 Å². The molecule has 0 aromatic carbocycles. The Balaban J connectivity index is 1.97. The Kier molecular flexibility index (Phi) is 1.66. The number of piperidine rings is 1. The van der Waals surface area contributed by atoms with Crippen molar-refractivity contribution in [1.82, 2.24) is 5.32 Å². The van der Waals surface area contributed by atoms with Crippen molar-refractivity contribution in [2.24, 2.45) is 5.92 Å². The molecule has 2 aliphatic heterocycles. The number of fused-ring (bicyclic) bond motifs is 1. The summed E-state index contributed by atoms with van der Waals surface area (Å²) in [5, 5.41) is 3.55. The van der Waals surface area contributed by atoms with E-state index in [-0.39, 0.29) is 0 Å². The van der Waals surface area contributed by atoms with Crippen LogP contribution in [-0.2, 0) is 0 Å². The van der Waals surface area contributed by atoms with E-state index in [0.717, 1.165) is 12.0 Å². The summed E-state index contributed by atoms with van der Waals surface area (Å²) in [6.07, 6.45) is 2.80. The van der Waals surface area contributed by atoms with E-state index in [1.165, 1.54) is 37.4 Å². The third-order valence-corrected chi connectivity index (χ3v) is 2.79. The second-order valence-electron chi connectivity index (χ2n) is 3.62. The Morgan fingerprint density at radius 1 is 1.40 bits per heavy atom. The summed E-state index contributed by atoms with van der Waals surface area (Å²) in [6.45, 7) is 3.76. The van der Waals surface area contributed by atoms with Crippen molar-refractivity contribution in [3.8, 4) is 0 Å². The lowest BCUT2D eigenvalue weighted by molar-refractivity contribution is -0.841. The topological polar surface area (TPSA) is 16.5 Å². The largest absolute Gasteiger partial charge is 0.466 e. The molecule has 2 heterocycles. The van der Waals surface area contributed by atoms with E-state index in [1.807, 2.05) is 0 Å². The molecule has 2 heteroatoms. The van der Waals surface area contributed by atoms with Crippen molar-refractivity contribution in [2.45, 2.75) is 18.9 Å². The molecule has 2 aliphatic rings. The third kappa shape index (κ3) is 1.06. The van der Waals surface area contributed by atoms with Crippen molar-refractivity contribution in [3.63, 3.8) is 0 Å². The molecule has 2 fully saturated rings. The van der Waals surface area contributed by atoms with Gasteiger partial charge < -0.3 is 10.2 Å². The highest BCUT2D eigenvalue weighted by atomic mass is 15.2. The van der Waals surface area contributed by atoms with E-state index in [2.05, 4.69) is 12.4 Å². The highest BCUT2D eigenvalue weighted by Gasteiger charge is 2.33. The Morgan fingerprint density at radius 3 is 3.10 bits per heavy atom. The van der Waals surface area contributed by atoms with E-state index in [9.17, 15) is 0 Å². The average Bonchev–Trinajstić information content (AvgIpc) is 2.27. The fraction of sp³-hybridized carbons (Fsp3) is 0.875. The van der Waals surface area contributed by atoms with Crippen molar-refractivity contribution in [1.29, 1.82) is 0 Å². The van der Waals surface area contributed by atoms with E-state index < -0.39 is 0 Å². The van der Waals surface area contributed by atoms with Crippen LogP contribution in [0.15, 0.2) is 0 Å². The van der Waals surface area contributed by atoms with Crippen molar-refractivity contribution < 1.29 is 4.90 Å². The van der Waals surface area contributed by atoms with Crippen LogP contribution < -0.4 is 10.2 Å². The minimum Gasteiger partial charge on any atom is -0.466 e. The summed E-state index contributed by atoms with van der Waals surface area (Å²) in [6, 6.07) is 0.793. The van der Waals surface area contributed by atoms with Crippen molar-refractivity contribution >= 4 is 0 Å². The number of hydrogen-bond donors (Lipinski definition) is 2. The lowest BCUT2D eigenvalue weighted by Crippen LogP contribution is -3.05. The van der Waals surface area contributed by atoms with Gasteiger partial charge in [0.25, 0.3) is 0 Å². The summed E-state index contributed by atoms with van der Waals surface area (Å²) < 4.78 is 0. The van der Waals surface area contributed by atoms with E-state index in [0.29, 0.717) is 0 Å². The predicted octanol–water partition coefficient (Wildman–Crippen LogP) is -0.955. The molecule has 10 heavy (non-hydrogen) atoms. The van der Waals surface area contributed by atoms with Crippen molar-refractivity contribution in [2.75, 3.05) is 19.6 Å². The molecule has 3 atom stereocenters. The second kappa shape index (κ2) is 2.51. The maximum absolute atomic E-state index is 4.04. The first kappa shape index (κ1) is 6.62. The van der Waals surface area contributed by atoms with Crippen LogP contribution >= 0.6 is 0 Å². The summed E-state index contributed by atoms with van der Waals surface area (Å²) in [7, 11) is 4.04. The van der Waals surface area contributed by atoms with E-state index >= 15 is 0 Å². The van der Waals surface area contributed by atoms with Gasteiger partial charge in [-0.05, 0) is 19.4 Å². The SMILES string of the molecule is [CH2-][NH+]1C[C@@H]2CCCN[C@@H]2C1. The standard InChI is InChI=1S/C8H16N2/c1-10-5-7-3-2-4-9-8(7)6-10/h7-10H,1-6H2/t7-,8+/m0/s1. The zero-order chi connectivity index (χ0) is 6.97. The molecule has 2 nitrogen and oxygen atoms in total. The number of likely N-dealkylation sites (tertiary alicyclic amines) is 1. The molecule has 0 aliphatic carbocycles.